The van der Waals surface area contributed by atoms with Crippen LogP contribution in [0.3, 0.4) is 0 Å². The van der Waals surface area contributed by atoms with Crippen molar-refractivity contribution in [3.8, 4) is 11.3 Å². The lowest BCUT2D eigenvalue weighted by atomic mass is 10.1. The summed E-state index contributed by atoms with van der Waals surface area (Å²) < 4.78 is 19.6. The molecule has 0 amide bonds. The van der Waals surface area contributed by atoms with Gasteiger partial charge < -0.3 is 15.0 Å². The Labute approximate surface area is 150 Å². The van der Waals surface area contributed by atoms with Crippen LogP contribution < -0.4 is 4.90 Å². The molecule has 0 aliphatic carbocycles. The van der Waals surface area contributed by atoms with Crippen molar-refractivity contribution in [3.63, 3.8) is 0 Å². The van der Waals surface area contributed by atoms with Crippen LogP contribution in [0.2, 0.25) is 0 Å². The third kappa shape index (κ3) is 3.00. The lowest BCUT2D eigenvalue weighted by Crippen LogP contribution is -2.38. The second kappa shape index (κ2) is 6.27. The molecule has 0 saturated carbocycles. The molecule has 9 heteroatoms. The van der Waals surface area contributed by atoms with Gasteiger partial charge in [-0.3, -0.25) is 9.11 Å². The van der Waals surface area contributed by atoms with Crippen molar-refractivity contribution in [2.24, 2.45) is 0 Å². The molecule has 136 valence electrons. The van der Waals surface area contributed by atoms with E-state index in [0.717, 1.165) is 11.3 Å². The Hall–Kier alpha value is -2.62. The summed E-state index contributed by atoms with van der Waals surface area (Å²) in [5, 5.41) is 9.90. The van der Waals surface area contributed by atoms with Crippen LogP contribution in [0.5, 0.6) is 0 Å². The first-order chi connectivity index (χ1) is 12.4. The van der Waals surface area contributed by atoms with E-state index in [4.69, 9.17) is 0 Å². The van der Waals surface area contributed by atoms with Crippen molar-refractivity contribution in [1.82, 2.24) is 15.0 Å². The van der Waals surface area contributed by atoms with E-state index in [-0.39, 0.29) is 5.56 Å². The molecule has 0 bridgehead atoms. The zero-order valence-corrected chi connectivity index (χ0v) is 14.6. The molecule has 0 spiro atoms. The van der Waals surface area contributed by atoms with Gasteiger partial charge >= 0.3 is 5.97 Å². The first kappa shape index (κ1) is 16.8. The second-order valence-electron chi connectivity index (χ2n) is 6.20. The van der Waals surface area contributed by atoms with Gasteiger partial charge in [0, 0.05) is 30.5 Å². The number of hydrogen-bond donors (Lipinski definition) is 4. The Kier molecular flexibility index (Phi) is 4.06. The van der Waals surface area contributed by atoms with Crippen molar-refractivity contribution in [2.45, 2.75) is 0 Å². The molecule has 4 N–H and O–H groups in total. The van der Waals surface area contributed by atoms with Crippen LogP contribution in [-0.4, -0.2) is 59.7 Å². The van der Waals surface area contributed by atoms with Crippen LogP contribution in [0.25, 0.3) is 22.3 Å². The van der Waals surface area contributed by atoms with Gasteiger partial charge in [-0.1, -0.05) is 12.1 Å². The topological polar surface area (TPSA) is 123 Å². The number of aromatic amines is 1. The Morgan fingerprint density at radius 3 is 2.69 bits per heavy atom. The number of aromatic nitrogens is 3. The van der Waals surface area contributed by atoms with Crippen molar-refractivity contribution in [2.75, 3.05) is 29.5 Å². The minimum absolute atomic E-state index is 0.132. The van der Waals surface area contributed by atoms with Gasteiger partial charge in [0.05, 0.1) is 28.1 Å². The smallest absolute Gasteiger partial charge is 0.338 e. The number of aromatic carboxylic acids is 1. The summed E-state index contributed by atoms with van der Waals surface area (Å²) in [5.41, 5.74) is 2.89. The van der Waals surface area contributed by atoms with Gasteiger partial charge in [0.15, 0.2) is 0 Å². The van der Waals surface area contributed by atoms with Crippen molar-refractivity contribution in [1.29, 1.82) is 0 Å². The molecule has 1 fully saturated rings. The quantitative estimate of drug-likeness (QED) is 0.556. The zero-order chi connectivity index (χ0) is 18.3. The van der Waals surface area contributed by atoms with Gasteiger partial charge in [-0.15, -0.1) is 0 Å². The molecule has 4 rings (SSSR count). The van der Waals surface area contributed by atoms with Crippen molar-refractivity contribution >= 4 is 33.3 Å². The summed E-state index contributed by atoms with van der Waals surface area (Å²) in [6.07, 6.45) is 2.83. The maximum atomic E-state index is 11.5. The normalized spacial score (nSPS) is 18.0. The molecular weight excluding hydrogens is 356 g/mol. The Morgan fingerprint density at radius 1 is 1.19 bits per heavy atom. The van der Waals surface area contributed by atoms with Crippen LogP contribution in [0, 0.1) is 0 Å². The fourth-order valence-corrected chi connectivity index (χ4v) is 4.41. The monoisotopic (exact) mass is 374 g/mol. The highest BCUT2D eigenvalue weighted by Gasteiger charge is 2.23. The number of H-pyrrole nitrogens is 1. The summed E-state index contributed by atoms with van der Waals surface area (Å²) in [4.78, 5) is 24.9. The van der Waals surface area contributed by atoms with Gasteiger partial charge in [-0.2, -0.15) is 10.6 Å². The summed E-state index contributed by atoms with van der Waals surface area (Å²) in [5.74, 6) is -0.323. The number of anilines is 1. The van der Waals surface area contributed by atoms with E-state index in [1.54, 1.807) is 0 Å². The average molecular weight is 374 g/mol. The fourth-order valence-electron chi connectivity index (χ4n) is 3.19. The van der Waals surface area contributed by atoms with E-state index in [1.807, 2.05) is 24.3 Å². The summed E-state index contributed by atoms with van der Waals surface area (Å²) in [6, 6.07) is 7.66. The average Bonchev–Trinajstić information content (AvgIpc) is 3.06. The first-order valence-electron chi connectivity index (χ1n) is 8.09. The predicted molar refractivity (Wildman–Crippen MR) is 101 cm³/mol. The molecular formula is C17H18N4O4S. The van der Waals surface area contributed by atoms with Crippen LogP contribution in [0.4, 0.5) is 5.69 Å². The number of carboxylic acid groups (broad SMARTS) is 1. The van der Waals surface area contributed by atoms with E-state index in [1.165, 1.54) is 12.5 Å². The number of carboxylic acids is 1. The van der Waals surface area contributed by atoms with Crippen molar-refractivity contribution < 1.29 is 19.0 Å². The molecule has 1 aromatic carbocycles. The highest BCUT2D eigenvalue weighted by Crippen LogP contribution is 2.41. The predicted octanol–water partition coefficient (Wildman–Crippen LogP) is 2.89. The fraction of sp³-hybridized carbons (Fsp3) is 0.235. The van der Waals surface area contributed by atoms with E-state index in [2.05, 4.69) is 19.9 Å². The molecule has 1 aliphatic heterocycles. The molecule has 0 atom stereocenters. The van der Waals surface area contributed by atoms with E-state index in [0.29, 0.717) is 41.3 Å². The van der Waals surface area contributed by atoms with Gasteiger partial charge in [-0.25, -0.2) is 14.8 Å². The molecule has 26 heavy (non-hydrogen) atoms. The molecule has 0 unspecified atom stereocenters. The molecule has 2 aromatic heterocycles. The molecule has 3 heterocycles. The second-order valence-corrected chi connectivity index (χ2v) is 8.62. The molecule has 3 aromatic rings. The number of hydrogen-bond acceptors (Lipinski definition) is 6. The Bertz CT molecular complexity index is 978. The van der Waals surface area contributed by atoms with E-state index in [9.17, 15) is 19.0 Å². The largest absolute Gasteiger partial charge is 0.478 e. The number of nitrogens with zero attached hydrogens (tertiary/aromatic N) is 3. The first-order valence-corrected chi connectivity index (χ1v) is 9.97. The van der Waals surface area contributed by atoms with Crippen LogP contribution >= 0.6 is 10.6 Å². The Morgan fingerprint density at radius 2 is 1.96 bits per heavy atom. The van der Waals surface area contributed by atoms with Gasteiger partial charge in [0.25, 0.3) is 0 Å². The maximum Gasteiger partial charge on any atom is 0.338 e. The third-order valence-corrected chi connectivity index (χ3v) is 6.23. The molecule has 8 nitrogen and oxygen atoms in total. The summed E-state index contributed by atoms with van der Waals surface area (Å²) in [6.45, 7) is 1.13. The number of fused-ring (bicyclic) bond motifs is 1. The minimum atomic E-state index is -2.45. The van der Waals surface area contributed by atoms with Crippen LogP contribution in [0.1, 0.15) is 10.4 Å². The highest BCUT2D eigenvalue weighted by molar-refractivity contribution is 8.24. The standard InChI is InChI=1S/C17H18N4O4S/c22-17(23)13-9-18-16-14(13)15(19-10-20-16)11-2-1-3-12(8-11)21-4-6-26(24,25)7-5-21/h1-3,8-10,24-25H,4-7H2,(H,22,23)(H,18,19,20). The lowest BCUT2D eigenvalue weighted by molar-refractivity contribution is 0.0699. The SMILES string of the molecule is O=C(O)c1c[nH]c2ncnc(-c3cccc(N4CCS(O)(O)CC4)c3)c12. The lowest BCUT2D eigenvalue weighted by Gasteiger charge is -2.42. The van der Waals surface area contributed by atoms with Gasteiger partial charge in [0.1, 0.15) is 12.0 Å². The summed E-state index contributed by atoms with van der Waals surface area (Å²) >= 11 is 0. The van der Waals surface area contributed by atoms with E-state index < -0.39 is 16.6 Å². The number of rotatable bonds is 3. The molecule has 1 aliphatic rings. The van der Waals surface area contributed by atoms with Crippen molar-refractivity contribution in [3.05, 3.63) is 42.4 Å². The number of carbonyl (C=O) groups is 1. The molecule has 0 radical (unpaired) electrons. The zero-order valence-electron chi connectivity index (χ0n) is 13.8. The van der Waals surface area contributed by atoms with Gasteiger partial charge in [-0.05, 0) is 12.1 Å². The third-order valence-electron chi connectivity index (χ3n) is 4.56. The number of benzene rings is 1. The van der Waals surface area contributed by atoms with Gasteiger partial charge in [0.2, 0.25) is 0 Å². The Balaban J connectivity index is 1.75. The minimum Gasteiger partial charge on any atom is -0.478 e. The molecule has 1 saturated heterocycles. The van der Waals surface area contributed by atoms with E-state index >= 15 is 0 Å². The highest BCUT2D eigenvalue weighted by atomic mass is 32.3. The summed E-state index contributed by atoms with van der Waals surface area (Å²) in [7, 11) is -2.45. The number of nitrogens with one attached hydrogen (secondary N) is 1. The maximum absolute atomic E-state index is 11.5. The van der Waals surface area contributed by atoms with Crippen LogP contribution in [0.15, 0.2) is 36.8 Å². The van der Waals surface area contributed by atoms with Crippen LogP contribution in [-0.2, 0) is 0 Å².